The van der Waals surface area contributed by atoms with Crippen molar-refractivity contribution in [3.05, 3.63) is 0 Å². The molecule has 0 saturated heterocycles. The summed E-state index contributed by atoms with van der Waals surface area (Å²) in [6.45, 7) is 0.350. The van der Waals surface area contributed by atoms with E-state index in [1.165, 1.54) is 0 Å². The zero-order valence-electron chi connectivity index (χ0n) is 7.73. The Kier molecular flexibility index (Phi) is 4.87. The summed E-state index contributed by atoms with van der Waals surface area (Å²) in [4.78, 5) is 0. The summed E-state index contributed by atoms with van der Waals surface area (Å²) in [6, 6.07) is 0. The van der Waals surface area contributed by atoms with Gasteiger partial charge in [-0.3, -0.25) is 0 Å². The summed E-state index contributed by atoms with van der Waals surface area (Å²) in [5.74, 6) is -0.0342. The second-order valence-electron chi connectivity index (χ2n) is 2.93. The van der Waals surface area contributed by atoms with Gasteiger partial charge in [-0.1, -0.05) is 0 Å². The Morgan fingerprint density at radius 2 is 1.15 bits per heavy atom. The van der Waals surface area contributed by atoms with Gasteiger partial charge < -0.3 is 0 Å². The molecule has 0 heterocycles. The first-order chi connectivity index (χ1) is 5.71. The fourth-order valence-corrected chi connectivity index (χ4v) is 1.49. The van der Waals surface area contributed by atoms with Gasteiger partial charge in [-0.05, 0) is 0 Å². The molecule has 0 bridgehead atoms. The van der Waals surface area contributed by atoms with E-state index in [9.17, 15) is 16.8 Å². The second kappa shape index (κ2) is 4.92. The first-order valence-corrected chi connectivity index (χ1v) is 7.81. The van der Waals surface area contributed by atoms with Crippen molar-refractivity contribution in [1.82, 2.24) is 5.32 Å². The molecule has 0 aromatic rings. The molecule has 0 aliphatic heterocycles. The standard InChI is InChI=1S/C6H14NO4S2/c1-12(8,9)5-3-7-4-6-13(2,10)11/h3-6H2,1-2H3. The van der Waals surface area contributed by atoms with Crippen LogP contribution in [0.25, 0.3) is 0 Å². The van der Waals surface area contributed by atoms with E-state index in [0.717, 1.165) is 12.5 Å². The lowest BCUT2D eigenvalue weighted by atomic mass is 10.7. The van der Waals surface area contributed by atoms with Crippen molar-refractivity contribution < 1.29 is 16.8 Å². The maximum Gasteiger partial charge on any atom is 0.148 e. The van der Waals surface area contributed by atoms with Gasteiger partial charge in [0.05, 0.1) is 11.5 Å². The molecule has 5 nitrogen and oxygen atoms in total. The molecular weight excluding hydrogens is 214 g/mol. The van der Waals surface area contributed by atoms with Crippen LogP contribution in [0.3, 0.4) is 0 Å². The lowest BCUT2D eigenvalue weighted by Gasteiger charge is -1.99. The van der Waals surface area contributed by atoms with Crippen LogP contribution in [0, 0.1) is 0 Å². The average Bonchev–Trinajstić information content (AvgIpc) is 1.81. The smallest absolute Gasteiger partial charge is 0.148 e. The van der Waals surface area contributed by atoms with Crippen molar-refractivity contribution in [2.75, 3.05) is 37.1 Å². The van der Waals surface area contributed by atoms with Crippen molar-refractivity contribution in [2.45, 2.75) is 0 Å². The van der Waals surface area contributed by atoms with Crippen molar-refractivity contribution in [3.8, 4) is 0 Å². The summed E-state index contributed by atoms with van der Waals surface area (Å²) in [5, 5.41) is 3.78. The molecule has 0 aromatic carbocycles. The van der Waals surface area contributed by atoms with Gasteiger partial charge in [0.15, 0.2) is 0 Å². The van der Waals surface area contributed by atoms with E-state index >= 15 is 0 Å². The summed E-state index contributed by atoms with van der Waals surface area (Å²) in [5.41, 5.74) is 0. The molecule has 0 rings (SSSR count). The molecule has 0 aliphatic carbocycles. The molecule has 7 heteroatoms. The first-order valence-electron chi connectivity index (χ1n) is 3.69. The van der Waals surface area contributed by atoms with E-state index in [1.807, 2.05) is 0 Å². The lowest BCUT2D eigenvalue weighted by Crippen LogP contribution is -2.21. The molecule has 0 aromatic heterocycles. The molecule has 1 radical (unpaired) electrons. The monoisotopic (exact) mass is 228 g/mol. The Balaban J connectivity index is 3.50. The Morgan fingerprint density at radius 1 is 0.846 bits per heavy atom. The number of sulfone groups is 2. The van der Waals surface area contributed by atoms with E-state index in [0.29, 0.717) is 0 Å². The summed E-state index contributed by atoms with van der Waals surface area (Å²) >= 11 is 0. The van der Waals surface area contributed by atoms with Gasteiger partial charge >= 0.3 is 0 Å². The third-order valence-electron chi connectivity index (χ3n) is 1.24. The molecule has 0 unspecified atom stereocenters. The minimum absolute atomic E-state index is 0.0171. The lowest BCUT2D eigenvalue weighted by molar-refractivity contribution is 0.593. The Hall–Kier alpha value is -0.140. The Bertz CT molecular complexity index is 296. The van der Waals surface area contributed by atoms with Crippen LogP contribution in [-0.2, 0) is 19.7 Å². The molecular formula is C6H14NO4S2. The molecule has 0 amide bonds. The van der Waals surface area contributed by atoms with Crippen LogP contribution in [0.15, 0.2) is 0 Å². The van der Waals surface area contributed by atoms with Crippen molar-refractivity contribution in [3.63, 3.8) is 0 Å². The van der Waals surface area contributed by atoms with Crippen molar-refractivity contribution >= 4 is 19.7 Å². The highest BCUT2D eigenvalue weighted by Gasteiger charge is 2.04. The van der Waals surface area contributed by atoms with Gasteiger partial charge in [0.2, 0.25) is 0 Å². The summed E-state index contributed by atoms with van der Waals surface area (Å²) in [7, 11) is -5.97. The number of nitrogens with zero attached hydrogens (tertiary/aromatic N) is 1. The predicted molar refractivity (Wildman–Crippen MR) is 51.3 cm³/mol. The molecule has 79 valence electrons. The van der Waals surface area contributed by atoms with Crippen LogP contribution in [0.4, 0.5) is 0 Å². The number of hydrogen-bond donors (Lipinski definition) is 0. The zero-order valence-corrected chi connectivity index (χ0v) is 9.36. The van der Waals surface area contributed by atoms with Gasteiger partial charge in [0.1, 0.15) is 19.7 Å². The SMILES string of the molecule is CS(=O)(=O)CC[N]CCS(C)(=O)=O. The average molecular weight is 228 g/mol. The van der Waals surface area contributed by atoms with E-state index in [-0.39, 0.29) is 24.6 Å². The van der Waals surface area contributed by atoms with Crippen LogP contribution in [0.5, 0.6) is 0 Å². The largest absolute Gasteiger partial charge is 0.240 e. The predicted octanol–water partition coefficient (Wildman–Crippen LogP) is -1.32. The third-order valence-corrected chi connectivity index (χ3v) is 3.09. The van der Waals surface area contributed by atoms with E-state index in [2.05, 4.69) is 5.32 Å². The molecule has 0 atom stereocenters. The highest BCUT2D eigenvalue weighted by molar-refractivity contribution is 7.90. The van der Waals surface area contributed by atoms with Crippen molar-refractivity contribution in [1.29, 1.82) is 0 Å². The summed E-state index contributed by atoms with van der Waals surface area (Å²) in [6.07, 6.45) is 2.25. The highest BCUT2D eigenvalue weighted by atomic mass is 32.2. The molecule has 0 spiro atoms. The van der Waals surface area contributed by atoms with E-state index < -0.39 is 19.7 Å². The highest BCUT2D eigenvalue weighted by Crippen LogP contribution is 1.83. The summed E-state index contributed by atoms with van der Waals surface area (Å²) < 4.78 is 42.5. The normalized spacial score (nSPS) is 13.1. The van der Waals surface area contributed by atoms with Crippen LogP contribution in [-0.4, -0.2) is 53.9 Å². The van der Waals surface area contributed by atoms with Gasteiger partial charge in [-0.2, -0.15) is 0 Å². The zero-order chi connectivity index (χ0) is 10.5. The maximum absolute atomic E-state index is 10.6. The topological polar surface area (TPSA) is 82.4 Å². The number of hydrogen-bond acceptors (Lipinski definition) is 4. The van der Waals surface area contributed by atoms with Crippen LogP contribution < -0.4 is 5.32 Å². The second-order valence-corrected chi connectivity index (χ2v) is 7.45. The van der Waals surface area contributed by atoms with Crippen LogP contribution >= 0.6 is 0 Å². The van der Waals surface area contributed by atoms with Gasteiger partial charge in [0.25, 0.3) is 0 Å². The quantitative estimate of drug-likeness (QED) is 0.528. The molecule has 0 fully saturated rings. The van der Waals surface area contributed by atoms with Gasteiger partial charge in [-0.15, -0.1) is 0 Å². The molecule has 0 aliphatic rings. The maximum atomic E-state index is 10.6. The number of rotatable bonds is 6. The minimum atomic E-state index is -2.98. The van der Waals surface area contributed by atoms with Crippen molar-refractivity contribution in [2.24, 2.45) is 0 Å². The van der Waals surface area contributed by atoms with Gasteiger partial charge in [0, 0.05) is 25.6 Å². The fraction of sp³-hybridized carbons (Fsp3) is 1.00. The van der Waals surface area contributed by atoms with E-state index in [4.69, 9.17) is 0 Å². The van der Waals surface area contributed by atoms with Crippen LogP contribution in [0.1, 0.15) is 0 Å². The van der Waals surface area contributed by atoms with Crippen LogP contribution in [0.2, 0.25) is 0 Å². The Morgan fingerprint density at radius 3 is 1.38 bits per heavy atom. The minimum Gasteiger partial charge on any atom is -0.240 e. The third kappa shape index (κ3) is 11.9. The van der Waals surface area contributed by atoms with Gasteiger partial charge in [-0.25, -0.2) is 22.2 Å². The molecule has 0 saturated carbocycles. The molecule has 13 heavy (non-hydrogen) atoms. The Labute approximate surface area is 79.4 Å². The van der Waals surface area contributed by atoms with E-state index in [1.54, 1.807) is 0 Å². The first kappa shape index (κ1) is 12.9. The molecule has 0 N–H and O–H groups in total. The fourth-order valence-electron chi connectivity index (χ4n) is 0.573.